The Bertz CT molecular complexity index is 1450. The molecular weight excluding hydrogens is 432 g/mol. The molecule has 0 saturated heterocycles. The van der Waals surface area contributed by atoms with Gasteiger partial charge in [-0.1, -0.05) is 35.5 Å². The van der Waals surface area contributed by atoms with Crippen molar-refractivity contribution in [3.63, 3.8) is 0 Å². The smallest absolute Gasteiger partial charge is 0.335 e. The number of hydrogen-bond acceptors (Lipinski definition) is 5. The maximum Gasteiger partial charge on any atom is 0.335 e. The zero-order valence-corrected chi connectivity index (χ0v) is 18.2. The Kier molecular flexibility index (Phi) is 6.40. The molecule has 2 N–H and O–H groups in total. The molecule has 0 amide bonds. The number of para-hydroxylation sites is 1. The van der Waals surface area contributed by atoms with Crippen LogP contribution in [0.4, 0.5) is 0 Å². The summed E-state index contributed by atoms with van der Waals surface area (Å²) in [5.41, 5.74) is 4.49. The van der Waals surface area contributed by atoms with Crippen molar-refractivity contribution in [2.75, 3.05) is 0 Å². The van der Waals surface area contributed by atoms with Crippen LogP contribution in [0, 0.1) is 6.92 Å². The summed E-state index contributed by atoms with van der Waals surface area (Å²) in [5.74, 6) is -2.24. The fraction of sp³-hybridized carbons (Fsp3) is 0.0385. The second kappa shape index (κ2) is 9.74. The highest BCUT2D eigenvalue weighted by atomic mass is 16.4. The van der Waals surface area contributed by atoms with Crippen LogP contribution >= 0.6 is 0 Å². The van der Waals surface area contributed by atoms with E-state index in [0.29, 0.717) is 5.56 Å². The van der Waals surface area contributed by atoms with Crippen molar-refractivity contribution >= 4 is 22.8 Å². The molecule has 0 aliphatic heterocycles. The summed E-state index contributed by atoms with van der Waals surface area (Å²) in [6, 6.07) is 24.0. The van der Waals surface area contributed by atoms with E-state index in [9.17, 15) is 9.59 Å². The van der Waals surface area contributed by atoms with E-state index in [1.807, 2.05) is 60.8 Å². The number of aromatic carboxylic acids is 2. The van der Waals surface area contributed by atoms with Gasteiger partial charge in [0.2, 0.25) is 0 Å². The molecule has 2 heterocycles. The quantitative estimate of drug-likeness (QED) is 0.399. The number of fused-ring (bicyclic) bond motifs is 1. The van der Waals surface area contributed by atoms with Crippen LogP contribution in [0.25, 0.3) is 27.8 Å². The summed E-state index contributed by atoms with van der Waals surface area (Å²) in [5, 5.41) is 26.8. The summed E-state index contributed by atoms with van der Waals surface area (Å²) in [6.07, 6.45) is 3.74. The van der Waals surface area contributed by atoms with Gasteiger partial charge in [-0.2, -0.15) is 0 Å². The van der Waals surface area contributed by atoms with Gasteiger partial charge in [-0.3, -0.25) is 4.98 Å². The average Bonchev–Trinajstić information content (AvgIpc) is 3.35. The number of aromatic nitrogens is 4. The van der Waals surface area contributed by atoms with Gasteiger partial charge in [0, 0.05) is 17.1 Å². The Morgan fingerprint density at radius 1 is 0.824 bits per heavy atom. The SMILES string of the molecule is Cc1cc(C(=O)O)cc(C(=O)O)c1.c1ccc(-n2cc(-c3ccc4ncccc4c3)nn2)cc1. The van der Waals surface area contributed by atoms with Gasteiger partial charge >= 0.3 is 11.9 Å². The number of carbonyl (C=O) groups is 2. The highest BCUT2D eigenvalue weighted by Crippen LogP contribution is 2.22. The molecular formula is C26H20N4O4. The van der Waals surface area contributed by atoms with Crippen LogP contribution < -0.4 is 0 Å². The van der Waals surface area contributed by atoms with Crippen molar-refractivity contribution in [1.82, 2.24) is 20.0 Å². The van der Waals surface area contributed by atoms with Gasteiger partial charge < -0.3 is 10.2 Å². The Morgan fingerprint density at radius 3 is 2.21 bits per heavy atom. The molecule has 0 fully saturated rings. The van der Waals surface area contributed by atoms with Crippen molar-refractivity contribution < 1.29 is 19.8 Å². The van der Waals surface area contributed by atoms with E-state index in [0.717, 1.165) is 33.9 Å². The largest absolute Gasteiger partial charge is 0.478 e. The van der Waals surface area contributed by atoms with Crippen LogP contribution in [0.1, 0.15) is 26.3 Å². The summed E-state index contributed by atoms with van der Waals surface area (Å²) < 4.78 is 1.78. The summed E-state index contributed by atoms with van der Waals surface area (Å²) in [7, 11) is 0. The topological polar surface area (TPSA) is 118 Å². The van der Waals surface area contributed by atoms with Crippen LogP contribution in [0.3, 0.4) is 0 Å². The molecule has 0 aliphatic carbocycles. The van der Waals surface area contributed by atoms with E-state index in [-0.39, 0.29) is 11.1 Å². The van der Waals surface area contributed by atoms with E-state index >= 15 is 0 Å². The fourth-order valence-corrected chi connectivity index (χ4v) is 3.37. The van der Waals surface area contributed by atoms with Crippen molar-refractivity contribution in [3.8, 4) is 16.9 Å². The first-order valence-electron chi connectivity index (χ1n) is 10.3. The Morgan fingerprint density at radius 2 is 1.53 bits per heavy atom. The van der Waals surface area contributed by atoms with Crippen LogP contribution in [0.5, 0.6) is 0 Å². The number of pyridine rings is 1. The van der Waals surface area contributed by atoms with Crippen LogP contribution in [0.15, 0.2) is 91.3 Å². The number of benzene rings is 3. The number of carboxylic acid groups (broad SMARTS) is 2. The third-order valence-electron chi connectivity index (χ3n) is 4.98. The summed E-state index contributed by atoms with van der Waals surface area (Å²) >= 11 is 0. The van der Waals surface area contributed by atoms with E-state index in [4.69, 9.17) is 10.2 Å². The lowest BCUT2D eigenvalue weighted by atomic mass is 10.1. The normalized spacial score (nSPS) is 10.4. The van der Waals surface area contributed by atoms with E-state index in [1.165, 1.54) is 12.1 Å². The van der Waals surface area contributed by atoms with Gasteiger partial charge in [0.1, 0.15) is 5.69 Å². The zero-order chi connectivity index (χ0) is 24.1. The molecule has 0 spiro atoms. The summed E-state index contributed by atoms with van der Waals surface area (Å²) in [4.78, 5) is 25.4. The Hall–Kier alpha value is -4.85. The monoisotopic (exact) mass is 452 g/mol. The third-order valence-corrected chi connectivity index (χ3v) is 4.98. The number of carboxylic acids is 2. The maximum absolute atomic E-state index is 10.5. The molecule has 2 aromatic heterocycles. The highest BCUT2D eigenvalue weighted by Gasteiger charge is 2.09. The third kappa shape index (κ3) is 5.13. The minimum absolute atomic E-state index is 0.00241. The average molecular weight is 452 g/mol. The maximum atomic E-state index is 10.5. The highest BCUT2D eigenvalue weighted by molar-refractivity contribution is 5.94. The van der Waals surface area contributed by atoms with Crippen molar-refractivity contribution in [1.29, 1.82) is 0 Å². The lowest BCUT2D eigenvalue weighted by Gasteiger charge is -2.00. The predicted molar refractivity (Wildman–Crippen MR) is 127 cm³/mol. The molecule has 0 atom stereocenters. The molecule has 34 heavy (non-hydrogen) atoms. The van der Waals surface area contributed by atoms with Gasteiger partial charge in [-0.15, -0.1) is 5.10 Å². The first-order valence-corrected chi connectivity index (χ1v) is 10.3. The van der Waals surface area contributed by atoms with E-state index in [2.05, 4.69) is 21.4 Å². The molecule has 0 saturated carbocycles. The van der Waals surface area contributed by atoms with Crippen molar-refractivity contribution in [2.45, 2.75) is 6.92 Å². The standard InChI is InChI=1S/C17H12N4.C9H8O4/c1-2-6-15(7-3-1)21-12-17(19-20-21)14-8-9-16-13(11-14)5-4-10-18-16;1-5-2-6(8(10)11)4-7(3-5)9(12)13/h1-12H;2-4H,1H3,(H,10,11)(H,12,13). The Labute approximate surface area is 194 Å². The van der Waals surface area contributed by atoms with Crippen LogP contribution in [-0.4, -0.2) is 42.1 Å². The second-order valence-corrected chi connectivity index (χ2v) is 7.49. The van der Waals surface area contributed by atoms with Crippen molar-refractivity contribution in [3.05, 3.63) is 108 Å². The summed E-state index contributed by atoms with van der Waals surface area (Å²) in [6.45, 7) is 1.65. The lowest BCUT2D eigenvalue weighted by molar-refractivity contribution is 0.0696. The van der Waals surface area contributed by atoms with E-state index in [1.54, 1.807) is 17.8 Å². The van der Waals surface area contributed by atoms with Gasteiger partial charge in [-0.05, 0) is 61.0 Å². The molecule has 3 aromatic carbocycles. The molecule has 8 heteroatoms. The first kappa shape index (κ1) is 22.3. The number of hydrogen-bond donors (Lipinski definition) is 2. The fourth-order valence-electron chi connectivity index (χ4n) is 3.37. The molecule has 8 nitrogen and oxygen atoms in total. The molecule has 5 aromatic rings. The number of aryl methyl sites for hydroxylation is 1. The molecule has 0 bridgehead atoms. The van der Waals surface area contributed by atoms with Gasteiger partial charge in [-0.25, -0.2) is 14.3 Å². The molecule has 0 radical (unpaired) electrons. The molecule has 5 rings (SSSR count). The van der Waals surface area contributed by atoms with Gasteiger partial charge in [0.25, 0.3) is 0 Å². The lowest BCUT2D eigenvalue weighted by Crippen LogP contribution is -2.02. The Balaban J connectivity index is 0.000000182. The number of rotatable bonds is 4. The van der Waals surface area contributed by atoms with Crippen LogP contribution in [-0.2, 0) is 0 Å². The minimum atomic E-state index is -1.12. The first-order chi connectivity index (χ1) is 16.4. The van der Waals surface area contributed by atoms with Crippen molar-refractivity contribution in [2.24, 2.45) is 0 Å². The minimum Gasteiger partial charge on any atom is -0.478 e. The predicted octanol–water partition coefficient (Wildman–Crippen LogP) is 4.87. The number of nitrogens with zero attached hydrogens (tertiary/aromatic N) is 4. The molecule has 0 aliphatic rings. The van der Waals surface area contributed by atoms with Crippen LogP contribution in [0.2, 0.25) is 0 Å². The van der Waals surface area contributed by atoms with E-state index < -0.39 is 11.9 Å². The van der Waals surface area contributed by atoms with Gasteiger partial charge in [0.05, 0.1) is 28.5 Å². The zero-order valence-electron chi connectivity index (χ0n) is 18.2. The molecule has 0 unspecified atom stereocenters. The second-order valence-electron chi connectivity index (χ2n) is 7.49. The van der Waals surface area contributed by atoms with Gasteiger partial charge in [0.15, 0.2) is 0 Å². The molecule has 168 valence electrons.